The molecule has 4 heteroatoms. The van der Waals surface area contributed by atoms with Crippen LogP contribution in [0.15, 0.2) is 0 Å². The first-order valence-corrected chi connectivity index (χ1v) is 8.38. The summed E-state index contributed by atoms with van der Waals surface area (Å²) in [7, 11) is 0. The second-order valence-electron chi connectivity index (χ2n) is 5.71. The predicted octanol–water partition coefficient (Wildman–Crippen LogP) is 2.79. The molecule has 1 heterocycles. The van der Waals surface area contributed by atoms with E-state index in [1.807, 2.05) is 6.92 Å². The van der Waals surface area contributed by atoms with Crippen molar-refractivity contribution in [3.8, 4) is 0 Å². The van der Waals surface area contributed by atoms with Crippen LogP contribution in [0.1, 0.15) is 59.3 Å². The van der Waals surface area contributed by atoms with Crippen molar-refractivity contribution in [2.45, 2.75) is 77.8 Å². The van der Waals surface area contributed by atoms with Crippen LogP contribution in [-0.2, 0) is 9.47 Å². The van der Waals surface area contributed by atoms with Crippen LogP contribution in [0.4, 0.5) is 0 Å². The largest absolute Gasteiger partial charge is 0.390 e. The van der Waals surface area contributed by atoms with Crippen molar-refractivity contribution in [2.75, 3.05) is 26.2 Å². The minimum atomic E-state index is -0.350. The molecule has 0 amide bonds. The van der Waals surface area contributed by atoms with Gasteiger partial charge in [-0.1, -0.05) is 26.7 Å². The van der Waals surface area contributed by atoms with E-state index in [4.69, 9.17) is 9.47 Å². The van der Waals surface area contributed by atoms with Gasteiger partial charge < -0.3 is 19.5 Å². The number of unbranched alkanes of at least 4 members (excludes halogenated alkanes) is 2. The Morgan fingerprint density at radius 3 is 2.30 bits per heavy atom. The summed E-state index contributed by atoms with van der Waals surface area (Å²) in [5.41, 5.74) is 0. The first-order valence-electron chi connectivity index (χ1n) is 8.38. The van der Waals surface area contributed by atoms with Gasteiger partial charge in [0, 0.05) is 19.6 Å². The van der Waals surface area contributed by atoms with E-state index in [0.717, 1.165) is 32.5 Å². The second-order valence-corrected chi connectivity index (χ2v) is 5.71. The molecule has 1 aliphatic rings. The van der Waals surface area contributed by atoms with E-state index in [0.29, 0.717) is 6.61 Å². The number of hydrogen-bond donors (Lipinski definition) is 1. The molecule has 3 atom stereocenters. The Hall–Kier alpha value is -0.160. The van der Waals surface area contributed by atoms with Crippen molar-refractivity contribution < 1.29 is 14.6 Å². The highest BCUT2D eigenvalue weighted by Crippen LogP contribution is 2.21. The fourth-order valence-corrected chi connectivity index (χ4v) is 2.63. The van der Waals surface area contributed by atoms with Crippen molar-refractivity contribution in [2.24, 2.45) is 0 Å². The summed E-state index contributed by atoms with van der Waals surface area (Å²) in [5, 5.41) is 10.1. The monoisotopic (exact) mass is 287 g/mol. The maximum atomic E-state index is 10.1. The van der Waals surface area contributed by atoms with Crippen LogP contribution in [0, 0.1) is 0 Å². The van der Waals surface area contributed by atoms with Gasteiger partial charge in [-0.05, 0) is 39.3 Å². The van der Waals surface area contributed by atoms with E-state index in [2.05, 4.69) is 18.7 Å². The van der Waals surface area contributed by atoms with Gasteiger partial charge in [0.2, 0.25) is 0 Å². The lowest BCUT2D eigenvalue weighted by molar-refractivity contribution is -0.223. The van der Waals surface area contributed by atoms with Crippen molar-refractivity contribution in [3.05, 3.63) is 0 Å². The summed E-state index contributed by atoms with van der Waals surface area (Å²) < 4.78 is 11.5. The average Bonchev–Trinajstić information content (AvgIpc) is 2.45. The normalized spacial score (nSPS) is 27.1. The number of rotatable bonds is 10. The molecular formula is C16H33NO3. The highest BCUT2D eigenvalue weighted by atomic mass is 16.7. The van der Waals surface area contributed by atoms with Gasteiger partial charge in [0.25, 0.3) is 0 Å². The highest BCUT2D eigenvalue weighted by molar-refractivity contribution is 4.79. The van der Waals surface area contributed by atoms with Gasteiger partial charge in [-0.15, -0.1) is 0 Å². The lowest BCUT2D eigenvalue weighted by Gasteiger charge is -2.36. The van der Waals surface area contributed by atoms with Crippen LogP contribution in [-0.4, -0.2) is 54.7 Å². The Morgan fingerprint density at radius 2 is 1.75 bits per heavy atom. The average molecular weight is 287 g/mol. The van der Waals surface area contributed by atoms with Crippen LogP contribution in [0.25, 0.3) is 0 Å². The van der Waals surface area contributed by atoms with Gasteiger partial charge in [0.05, 0.1) is 12.2 Å². The SMILES string of the molecule is CCCCN(CCCC)C[C@H]1O[C@H](OCC)CC[C@@H]1O. The molecule has 1 rings (SSSR count). The molecule has 0 unspecified atom stereocenters. The van der Waals surface area contributed by atoms with E-state index in [9.17, 15) is 5.11 Å². The molecule has 0 bridgehead atoms. The molecule has 1 saturated heterocycles. The number of ether oxygens (including phenoxy) is 2. The molecule has 0 aromatic rings. The van der Waals surface area contributed by atoms with Gasteiger partial charge in [0.15, 0.2) is 6.29 Å². The molecule has 0 radical (unpaired) electrons. The van der Waals surface area contributed by atoms with Crippen LogP contribution < -0.4 is 0 Å². The molecule has 1 fully saturated rings. The van der Waals surface area contributed by atoms with Gasteiger partial charge in [-0.2, -0.15) is 0 Å². The highest BCUT2D eigenvalue weighted by Gasteiger charge is 2.31. The molecule has 20 heavy (non-hydrogen) atoms. The Balaban J connectivity index is 2.45. The maximum absolute atomic E-state index is 10.1. The fourth-order valence-electron chi connectivity index (χ4n) is 2.63. The molecule has 0 saturated carbocycles. The topological polar surface area (TPSA) is 41.9 Å². The minimum absolute atomic E-state index is 0.103. The molecule has 4 nitrogen and oxygen atoms in total. The van der Waals surface area contributed by atoms with Crippen molar-refractivity contribution in [1.29, 1.82) is 0 Å². The Morgan fingerprint density at radius 1 is 1.10 bits per heavy atom. The summed E-state index contributed by atoms with van der Waals surface area (Å²) >= 11 is 0. The first-order chi connectivity index (χ1) is 9.71. The third-order valence-corrected chi connectivity index (χ3v) is 3.90. The lowest BCUT2D eigenvalue weighted by atomic mass is 10.0. The van der Waals surface area contributed by atoms with E-state index in [1.54, 1.807) is 0 Å². The lowest BCUT2D eigenvalue weighted by Crippen LogP contribution is -2.47. The molecule has 0 aromatic carbocycles. The standard InChI is InChI=1S/C16H33NO3/c1-4-7-11-17(12-8-5-2)13-15-14(18)9-10-16(20-15)19-6-3/h14-16,18H,4-13H2,1-3H3/t14-,15+,16-/m0/s1. The third-order valence-electron chi connectivity index (χ3n) is 3.90. The molecule has 0 spiro atoms. The van der Waals surface area contributed by atoms with Crippen LogP contribution in [0.2, 0.25) is 0 Å². The van der Waals surface area contributed by atoms with Gasteiger partial charge in [-0.25, -0.2) is 0 Å². The Bertz CT molecular complexity index is 230. The molecule has 120 valence electrons. The number of aliphatic hydroxyl groups is 1. The molecule has 1 N–H and O–H groups in total. The van der Waals surface area contributed by atoms with E-state index >= 15 is 0 Å². The summed E-state index contributed by atoms with van der Waals surface area (Å²) in [6.07, 6.45) is 5.83. The summed E-state index contributed by atoms with van der Waals surface area (Å²) in [6, 6.07) is 0. The first kappa shape index (κ1) is 17.9. The number of aliphatic hydroxyl groups excluding tert-OH is 1. The second kappa shape index (κ2) is 10.6. The number of hydrogen-bond acceptors (Lipinski definition) is 4. The third kappa shape index (κ3) is 6.53. The van der Waals surface area contributed by atoms with Crippen molar-refractivity contribution >= 4 is 0 Å². The van der Waals surface area contributed by atoms with Crippen molar-refractivity contribution in [3.63, 3.8) is 0 Å². The van der Waals surface area contributed by atoms with Crippen LogP contribution in [0.5, 0.6) is 0 Å². The van der Waals surface area contributed by atoms with Crippen LogP contribution >= 0.6 is 0 Å². The zero-order valence-electron chi connectivity index (χ0n) is 13.5. The summed E-state index contributed by atoms with van der Waals surface area (Å²) in [4.78, 5) is 2.44. The fraction of sp³-hybridized carbons (Fsp3) is 1.00. The maximum Gasteiger partial charge on any atom is 0.158 e. The molecule has 1 aliphatic heterocycles. The van der Waals surface area contributed by atoms with Gasteiger partial charge >= 0.3 is 0 Å². The predicted molar refractivity (Wildman–Crippen MR) is 81.8 cm³/mol. The minimum Gasteiger partial charge on any atom is -0.390 e. The van der Waals surface area contributed by atoms with Gasteiger partial charge in [0.1, 0.15) is 0 Å². The van der Waals surface area contributed by atoms with Crippen LogP contribution in [0.3, 0.4) is 0 Å². The smallest absolute Gasteiger partial charge is 0.158 e. The van der Waals surface area contributed by atoms with E-state index in [1.165, 1.54) is 25.7 Å². The van der Waals surface area contributed by atoms with Crippen molar-refractivity contribution in [1.82, 2.24) is 4.90 Å². The Kier molecular flexibility index (Phi) is 9.44. The van der Waals surface area contributed by atoms with E-state index < -0.39 is 0 Å². The zero-order valence-corrected chi connectivity index (χ0v) is 13.5. The molecule has 0 aliphatic carbocycles. The summed E-state index contributed by atoms with van der Waals surface area (Å²) in [5.74, 6) is 0. The number of nitrogens with zero attached hydrogens (tertiary/aromatic N) is 1. The summed E-state index contributed by atoms with van der Waals surface area (Å²) in [6.45, 7) is 10.1. The Labute approximate surface area is 124 Å². The zero-order chi connectivity index (χ0) is 14.8. The molecular weight excluding hydrogens is 254 g/mol. The van der Waals surface area contributed by atoms with Gasteiger partial charge in [-0.3, -0.25) is 0 Å². The quantitative estimate of drug-likeness (QED) is 0.671. The molecule has 0 aromatic heterocycles. The van der Waals surface area contributed by atoms with E-state index in [-0.39, 0.29) is 18.5 Å².